The summed E-state index contributed by atoms with van der Waals surface area (Å²) in [6.45, 7) is 1.37. The quantitative estimate of drug-likeness (QED) is 0.783. The van der Waals surface area contributed by atoms with Crippen molar-refractivity contribution in [3.63, 3.8) is 0 Å². The Morgan fingerprint density at radius 3 is 2.24 bits per heavy atom. The zero-order valence-corrected chi connectivity index (χ0v) is 13.9. The highest BCUT2D eigenvalue weighted by Gasteiger charge is 2.28. The number of rotatable bonds is 5. The van der Waals surface area contributed by atoms with Crippen LogP contribution in [0.15, 0.2) is 47.6 Å². The first-order chi connectivity index (χ1) is 11.7. The number of nitrogens with zero attached hydrogens (tertiary/aromatic N) is 1. The number of alkyl halides is 3. The van der Waals surface area contributed by atoms with E-state index in [1.54, 1.807) is 24.3 Å². The van der Waals surface area contributed by atoms with Crippen molar-refractivity contribution in [1.82, 2.24) is 4.98 Å². The Hall–Kier alpha value is -2.55. The Balaban J connectivity index is 2.09. The van der Waals surface area contributed by atoms with Crippen LogP contribution in [0.25, 0.3) is 0 Å². The van der Waals surface area contributed by atoms with E-state index >= 15 is 0 Å². The fourth-order valence-electron chi connectivity index (χ4n) is 1.87. The van der Waals surface area contributed by atoms with Crippen LogP contribution in [0.2, 0.25) is 0 Å². The van der Waals surface area contributed by atoms with Crippen LogP contribution in [-0.2, 0) is 4.79 Å². The second kappa shape index (κ2) is 8.02. The highest BCUT2D eigenvalue weighted by atomic mass is 32.2. The van der Waals surface area contributed by atoms with Gasteiger partial charge in [0.1, 0.15) is 5.03 Å². The SMILES string of the molecule is CC(=O)Nc1ccc(NC(=O)c2cccnc2SCC(F)(F)F)cc1. The van der Waals surface area contributed by atoms with Gasteiger partial charge in [0.2, 0.25) is 5.91 Å². The predicted octanol–water partition coefficient (Wildman–Crippen LogP) is 3.95. The lowest BCUT2D eigenvalue weighted by molar-refractivity contribution is -0.114. The van der Waals surface area contributed by atoms with Gasteiger partial charge in [0, 0.05) is 24.5 Å². The van der Waals surface area contributed by atoms with E-state index < -0.39 is 17.8 Å². The van der Waals surface area contributed by atoms with Crippen molar-refractivity contribution in [3.05, 3.63) is 48.2 Å². The Morgan fingerprint density at radius 2 is 1.68 bits per heavy atom. The van der Waals surface area contributed by atoms with E-state index in [-0.39, 0.29) is 16.5 Å². The molecule has 0 bridgehead atoms. The number of pyridine rings is 1. The summed E-state index contributed by atoms with van der Waals surface area (Å²) in [5.74, 6) is -1.92. The van der Waals surface area contributed by atoms with Crippen LogP contribution in [0, 0.1) is 0 Å². The third-order valence-corrected chi connectivity index (χ3v) is 3.92. The van der Waals surface area contributed by atoms with Crippen LogP contribution >= 0.6 is 11.8 Å². The van der Waals surface area contributed by atoms with Gasteiger partial charge in [-0.05, 0) is 36.4 Å². The Bertz CT molecular complexity index is 764. The molecule has 1 aromatic carbocycles. The summed E-state index contributed by atoms with van der Waals surface area (Å²) in [6, 6.07) is 9.22. The smallest absolute Gasteiger partial charge is 0.326 e. The van der Waals surface area contributed by atoms with Crippen LogP contribution in [0.5, 0.6) is 0 Å². The maximum absolute atomic E-state index is 12.4. The molecule has 1 heterocycles. The van der Waals surface area contributed by atoms with Gasteiger partial charge >= 0.3 is 6.18 Å². The maximum Gasteiger partial charge on any atom is 0.398 e. The molecule has 0 radical (unpaired) electrons. The molecule has 0 saturated carbocycles. The van der Waals surface area contributed by atoms with Gasteiger partial charge in [0.25, 0.3) is 5.91 Å². The van der Waals surface area contributed by atoms with Crippen LogP contribution in [0.1, 0.15) is 17.3 Å². The van der Waals surface area contributed by atoms with E-state index in [9.17, 15) is 22.8 Å². The van der Waals surface area contributed by atoms with Gasteiger partial charge < -0.3 is 10.6 Å². The van der Waals surface area contributed by atoms with Crippen molar-refractivity contribution in [2.45, 2.75) is 18.1 Å². The number of anilines is 2. The first kappa shape index (κ1) is 18.8. The Kier molecular flexibility index (Phi) is 6.02. The molecule has 0 aliphatic rings. The van der Waals surface area contributed by atoms with Gasteiger partial charge in [0.05, 0.1) is 11.3 Å². The van der Waals surface area contributed by atoms with Crippen molar-refractivity contribution in [2.24, 2.45) is 0 Å². The third-order valence-electron chi connectivity index (χ3n) is 2.85. The summed E-state index contributed by atoms with van der Waals surface area (Å²) in [4.78, 5) is 27.1. The van der Waals surface area contributed by atoms with Crippen LogP contribution in [0.3, 0.4) is 0 Å². The predicted molar refractivity (Wildman–Crippen MR) is 89.7 cm³/mol. The largest absolute Gasteiger partial charge is 0.398 e. The average molecular weight is 369 g/mol. The molecule has 2 aromatic rings. The minimum atomic E-state index is -4.35. The number of hydrogen-bond donors (Lipinski definition) is 2. The van der Waals surface area contributed by atoms with E-state index in [2.05, 4.69) is 15.6 Å². The minimum absolute atomic E-state index is 0.00666. The second-order valence-electron chi connectivity index (χ2n) is 4.97. The number of carbonyl (C=O) groups is 2. The van der Waals surface area contributed by atoms with E-state index in [0.717, 1.165) is 0 Å². The molecule has 0 spiro atoms. The average Bonchev–Trinajstić information content (AvgIpc) is 2.54. The lowest BCUT2D eigenvalue weighted by Gasteiger charge is -2.11. The second-order valence-corrected chi connectivity index (χ2v) is 5.94. The topological polar surface area (TPSA) is 71.1 Å². The van der Waals surface area contributed by atoms with E-state index in [0.29, 0.717) is 23.1 Å². The molecular formula is C16H14F3N3O2S. The molecule has 0 unspecified atom stereocenters. The maximum atomic E-state index is 12.4. The molecule has 0 atom stereocenters. The molecule has 0 fully saturated rings. The lowest BCUT2D eigenvalue weighted by Crippen LogP contribution is -2.15. The molecule has 0 saturated heterocycles. The molecule has 2 rings (SSSR count). The molecule has 2 N–H and O–H groups in total. The van der Waals surface area contributed by atoms with Crippen molar-refractivity contribution in [1.29, 1.82) is 0 Å². The van der Waals surface area contributed by atoms with E-state index in [1.165, 1.54) is 25.3 Å². The molecule has 0 aliphatic carbocycles. The van der Waals surface area contributed by atoms with E-state index in [4.69, 9.17) is 0 Å². The number of hydrogen-bond acceptors (Lipinski definition) is 4. The number of halogens is 3. The van der Waals surface area contributed by atoms with E-state index in [1.807, 2.05) is 0 Å². The monoisotopic (exact) mass is 369 g/mol. The molecule has 5 nitrogen and oxygen atoms in total. The molecule has 9 heteroatoms. The summed E-state index contributed by atoms with van der Waals surface area (Å²) in [7, 11) is 0. The van der Waals surface area contributed by atoms with Gasteiger partial charge in [-0.3, -0.25) is 9.59 Å². The first-order valence-corrected chi connectivity index (χ1v) is 8.07. The normalized spacial score (nSPS) is 11.0. The molecule has 25 heavy (non-hydrogen) atoms. The zero-order valence-electron chi connectivity index (χ0n) is 13.1. The van der Waals surface area contributed by atoms with Crippen LogP contribution < -0.4 is 10.6 Å². The van der Waals surface area contributed by atoms with Crippen molar-refractivity contribution >= 4 is 35.0 Å². The zero-order chi connectivity index (χ0) is 18.4. The minimum Gasteiger partial charge on any atom is -0.326 e. The fraction of sp³-hybridized carbons (Fsp3) is 0.188. The number of thioether (sulfide) groups is 1. The fourth-order valence-corrected chi connectivity index (χ4v) is 2.62. The standard InChI is InChI=1S/C16H14F3N3O2S/c1-10(23)21-11-4-6-12(7-5-11)22-14(24)13-3-2-8-20-15(13)25-9-16(17,18)19/h2-8H,9H2,1H3,(H,21,23)(H,22,24). The number of aromatic nitrogens is 1. The molecular weight excluding hydrogens is 355 g/mol. The number of benzene rings is 1. The molecule has 0 aliphatic heterocycles. The Labute approximate surface area is 146 Å². The molecule has 1 aromatic heterocycles. The van der Waals surface area contributed by atoms with Crippen LogP contribution in [-0.4, -0.2) is 28.7 Å². The first-order valence-electron chi connectivity index (χ1n) is 7.08. The third kappa shape index (κ3) is 6.11. The van der Waals surface area contributed by atoms with Crippen molar-refractivity contribution in [2.75, 3.05) is 16.4 Å². The van der Waals surface area contributed by atoms with Gasteiger partial charge in [-0.1, -0.05) is 11.8 Å². The van der Waals surface area contributed by atoms with Gasteiger partial charge in [-0.15, -0.1) is 0 Å². The summed E-state index contributed by atoms with van der Waals surface area (Å²) in [5.41, 5.74) is 1.06. The van der Waals surface area contributed by atoms with Crippen LogP contribution in [0.4, 0.5) is 24.5 Å². The summed E-state index contributed by atoms with van der Waals surface area (Å²) in [5, 5.41) is 5.18. The lowest BCUT2D eigenvalue weighted by atomic mass is 10.2. The number of nitrogens with one attached hydrogen (secondary N) is 2. The Morgan fingerprint density at radius 1 is 1.08 bits per heavy atom. The van der Waals surface area contributed by atoms with Gasteiger partial charge in [-0.2, -0.15) is 13.2 Å². The summed E-state index contributed by atoms with van der Waals surface area (Å²) >= 11 is 0.458. The highest BCUT2D eigenvalue weighted by Crippen LogP contribution is 2.28. The highest BCUT2D eigenvalue weighted by molar-refractivity contribution is 7.99. The van der Waals surface area contributed by atoms with Gasteiger partial charge in [0.15, 0.2) is 0 Å². The van der Waals surface area contributed by atoms with Crippen molar-refractivity contribution < 1.29 is 22.8 Å². The van der Waals surface area contributed by atoms with Gasteiger partial charge in [-0.25, -0.2) is 4.98 Å². The molecule has 132 valence electrons. The summed E-state index contributed by atoms with van der Waals surface area (Å²) in [6.07, 6.45) is -3.02. The number of carbonyl (C=O) groups excluding carboxylic acids is 2. The summed E-state index contributed by atoms with van der Waals surface area (Å²) < 4.78 is 37.1. The van der Waals surface area contributed by atoms with Crippen molar-refractivity contribution in [3.8, 4) is 0 Å². The molecule has 2 amide bonds. The number of amides is 2.